The normalized spacial score (nSPS) is 17.4. The number of rotatable bonds is 2. The summed E-state index contributed by atoms with van der Waals surface area (Å²) < 4.78 is 0. The van der Waals surface area contributed by atoms with Crippen molar-refractivity contribution in [3.8, 4) is 0 Å². The minimum atomic E-state index is 0. The fourth-order valence-electron chi connectivity index (χ4n) is 2.19. The number of halogens is 1. The first kappa shape index (κ1) is 14.9. The van der Waals surface area contributed by atoms with Crippen LogP contribution in [0.5, 0.6) is 0 Å². The zero-order chi connectivity index (χ0) is 12.5. The van der Waals surface area contributed by atoms with Gasteiger partial charge in [0, 0.05) is 31.4 Å². The predicted molar refractivity (Wildman–Crippen MR) is 73.7 cm³/mol. The van der Waals surface area contributed by atoms with Gasteiger partial charge in [-0.25, -0.2) is 0 Å². The summed E-state index contributed by atoms with van der Waals surface area (Å²) in [6.07, 6.45) is 2.71. The van der Waals surface area contributed by atoms with Gasteiger partial charge in [-0.3, -0.25) is 9.78 Å². The van der Waals surface area contributed by atoms with Gasteiger partial charge in [0.1, 0.15) is 0 Å². The van der Waals surface area contributed by atoms with Crippen molar-refractivity contribution in [1.29, 1.82) is 0 Å². The molecule has 1 aromatic rings. The van der Waals surface area contributed by atoms with Crippen LogP contribution >= 0.6 is 12.4 Å². The Morgan fingerprint density at radius 2 is 2.28 bits per heavy atom. The molecule has 5 heteroatoms. The zero-order valence-electron chi connectivity index (χ0n) is 10.8. The average Bonchev–Trinajstić information content (AvgIpc) is 2.69. The molecule has 2 rings (SSSR count). The number of carbonyl (C=O) groups is 1. The van der Waals surface area contributed by atoms with Crippen molar-refractivity contribution >= 4 is 18.3 Å². The molecule has 1 saturated heterocycles. The summed E-state index contributed by atoms with van der Waals surface area (Å²) >= 11 is 0. The van der Waals surface area contributed by atoms with Crippen LogP contribution in [0.3, 0.4) is 0 Å². The van der Waals surface area contributed by atoms with Crippen molar-refractivity contribution in [3.63, 3.8) is 0 Å². The van der Waals surface area contributed by atoms with Gasteiger partial charge in [-0.15, -0.1) is 12.4 Å². The number of pyridine rings is 1. The van der Waals surface area contributed by atoms with Crippen LogP contribution in [-0.4, -0.2) is 28.9 Å². The molecule has 0 bridgehead atoms. The maximum atomic E-state index is 12.3. The fourth-order valence-corrected chi connectivity index (χ4v) is 2.19. The van der Waals surface area contributed by atoms with E-state index in [0.29, 0.717) is 12.1 Å². The summed E-state index contributed by atoms with van der Waals surface area (Å²) in [4.78, 5) is 18.3. The maximum absolute atomic E-state index is 12.3. The number of carbonyl (C=O) groups excluding carboxylic acids is 1. The van der Waals surface area contributed by atoms with Gasteiger partial charge in [-0.2, -0.15) is 0 Å². The van der Waals surface area contributed by atoms with E-state index >= 15 is 0 Å². The van der Waals surface area contributed by atoms with Crippen molar-refractivity contribution < 1.29 is 4.79 Å². The Morgan fingerprint density at radius 1 is 1.56 bits per heavy atom. The standard InChI is InChI=1S/C13H19N3O.ClH/c1-13(2)4-6-16(9-13)12(17)10-3-5-15-11(7-10)8-14;/h3,5,7H,4,6,8-9,14H2,1-2H3;1H. The van der Waals surface area contributed by atoms with Crippen molar-refractivity contribution in [2.45, 2.75) is 26.8 Å². The minimum Gasteiger partial charge on any atom is -0.338 e. The lowest BCUT2D eigenvalue weighted by molar-refractivity contribution is 0.0778. The van der Waals surface area contributed by atoms with E-state index in [1.165, 1.54) is 0 Å². The van der Waals surface area contributed by atoms with Crippen LogP contribution in [0.2, 0.25) is 0 Å². The second-order valence-corrected chi connectivity index (χ2v) is 5.38. The largest absolute Gasteiger partial charge is 0.338 e. The van der Waals surface area contributed by atoms with Crippen LogP contribution in [0.4, 0.5) is 0 Å². The first-order chi connectivity index (χ1) is 8.02. The van der Waals surface area contributed by atoms with E-state index in [9.17, 15) is 4.79 Å². The molecular formula is C13H20ClN3O. The summed E-state index contributed by atoms with van der Waals surface area (Å²) in [5.74, 6) is 0.0904. The molecule has 1 aliphatic heterocycles. The third-order valence-electron chi connectivity index (χ3n) is 3.24. The Morgan fingerprint density at radius 3 is 2.83 bits per heavy atom. The highest BCUT2D eigenvalue weighted by atomic mass is 35.5. The molecule has 1 aliphatic rings. The predicted octanol–water partition coefficient (Wildman–Crippen LogP) is 1.83. The number of amides is 1. The molecule has 1 fully saturated rings. The van der Waals surface area contributed by atoms with E-state index in [0.717, 1.165) is 25.2 Å². The Hall–Kier alpha value is -1.13. The monoisotopic (exact) mass is 269 g/mol. The molecule has 0 spiro atoms. The zero-order valence-corrected chi connectivity index (χ0v) is 11.7. The van der Waals surface area contributed by atoms with Crippen LogP contribution in [0.1, 0.15) is 36.3 Å². The highest BCUT2D eigenvalue weighted by Gasteiger charge is 2.32. The highest BCUT2D eigenvalue weighted by molar-refractivity contribution is 5.94. The Balaban J connectivity index is 0.00000162. The van der Waals surface area contributed by atoms with Crippen LogP contribution in [0.25, 0.3) is 0 Å². The molecule has 0 aromatic carbocycles. The van der Waals surface area contributed by atoms with E-state index in [-0.39, 0.29) is 23.7 Å². The molecule has 0 radical (unpaired) electrons. The van der Waals surface area contributed by atoms with E-state index in [1.807, 2.05) is 4.90 Å². The number of likely N-dealkylation sites (tertiary alicyclic amines) is 1. The second-order valence-electron chi connectivity index (χ2n) is 5.38. The van der Waals surface area contributed by atoms with Gasteiger partial charge in [0.25, 0.3) is 5.91 Å². The van der Waals surface area contributed by atoms with E-state index in [4.69, 9.17) is 5.73 Å². The Labute approximate surface area is 114 Å². The van der Waals surface area contributed by atoms with E-state index in [2.05, 4.69) is 18.8 Å². The SMILES string of the molecule is CC1(C)CCN(C(=O)c2ccnc(CN)c2)C1.Cl. The summed E-state index contributed by atoms with van der Waals surface area (Å²) in [7, 11) is 0. The van der Waals surface area contributed by atoms with Crippen molar-refractivity contribution in [2.75, 3.05) is 13.1 Å². The summed E-state index contributed by atoms with van der Waals surface area (Å²) in [6, 6.07) is 3.54. The Kier molecular flexibility index (Phi) is 4.71. The topological polar surface area (TPSA) is 59.2 Å². The highest BCUT2D eigenvalue weighted by Crippen LogP contribution is 2.29. The third kappa shape index (κ3) is 3.21. The fraction of sp³-hybridized carbons (Fsp3) is 0.538. The minimum absolute atomic E-state index is 0. The smallest absolute Gasteiger partial charge is 0.253 e. The summed E-state index contributed by atoms with van der Waals surface area (Å²) in [6.45, 7) is 6.42. The van der Waals surface area contributed by atoms with Gasteiger partial charge in [0.05, 0.1) is 5.69 Å². The molecule has 2 N–H and O–H groups in total. The first-order valence-electron chi connectivity index (χ1n) is 5.96. The molecule has 2 heterocycles. The number of aromatic nitrogens is 1. The number of nitrogens with two attached hydrogens (primary N) is 1. The van der Waals surface area contributed by atoms with Crippen LogP contribution in [0, 0.1) is 5.41 Å². The molecule has 18 heavy (non-hydrogen) atoms. The summed E-state index contributed by atoms with van der Waals surface area (Å²) in [5, 5.41) is 0. The quantitative estimate of drug-likeness (QED) is 0.891. The number of hydrogen-bond donors (Lipinski definition) is 1. The van der Waals surface area contributed by atoms with Crippen molar-refractivity contribution in [1.82, 2.24) is 9.88 Å². The third-order valence-corrected chi connectivity index (χ3v) is 3.24. The van der Waals surface area contributed by atoms with Gasteiger partial charge in [-0.1, -0.05) is 13.8 Å². The molecule has 4 nitrogen and oxygen atoms in total. The first-order valence-corrected chi connectivity index (χ1v) is 5.96. The van der Waals surface area contributed by atoms with Gasteiger partial charge in [0.2, 0.25) is 0 Å². The molecule has 0 unspecified atom stereocenters. The van der Waals surface area contributed by atoms with Gasteiger partial charge in [0.15, 0.2) is 0 Å². The molecule has 100 valence electrons. The molecule has 0 aliphatic carbocycles. The second kappa shape index (κ2) is 5.67. The summed E-state index contributed by atoms with van der Waals surface area (Å²) in [5.41, 5.74) is 7.21. The van der Waals surface area contributed by atoms with Crippen LogP contribution in [-0.2, 0) is 6.54 Å². The lowest BCUT2D eigenvalue weighted by Crippen LogP contribution is -2.30. The lowest BCUT2D eigenvalue weighted by Gasteiger charge is -2.20. The van der Waals surface area contributed by atoms with Crippen molar-refractivity contribution in [2.24, 2.45) is 11.1 Å². The average molecular weight is 270 g/mol. The Bertz CT molecular complexity index is 434. The molecular weight excluding hydrogens is 250 g/mol. The van der Waals surface area contributed by atoms with Gasteiger partial charge in [-0.05, 0) is 24.0 Å². The van der Waals surface area contributed by atoms with Gasteiger partial charge < -0.3 is 10.6 Å². The number of hydrogen-bond acceptors (Lipinski definition) is 3. The molecule has 1 amide bonds. The van der Waals surface area contributed by atoms with Gasteiger partial charge >= 0.3 is 0 Å². The molecule has 0 saturated carbocycles. The number of nitrogens with zero attached hydrogens (tertiary/aromatic N) is 2. The lowest BCUT2D eigenvalue weighted by atomic mass is 9.93. The van der Waals surface area contributed by atoms with Crippen LogP contribution < -0.4 is 5.73 Å². The van der Waals surface area contributed by atoms with E-state index < -0.39 is 0 Å². The molecule has 1 aromatic heterocycles. The van der Waals surface area contributed by atoms with E-state index in [1.54, 1.807) is 18.3 Å². The van der Waals surface area contributed by atoms with Crippen molar-refractivity contribution in [3.05, 3.63) is 29.6 Å². The van der Waals surface area contributed by atoms with Crippen LogP contribution in [0.15, 0.2) is 18.3 Å². The molecule has 0 atom stereocenters. The maximum Gasteiger partial charge on any atom is 0.253 e.